The predicted octanol–water partition coefficient (Wildman–Crippen LogP) is 4.35. The van der Waals surface area contributed by atoms with Gasteiger partial charge < -0.3 is 9.30 Å². The zero-order valence-electron chi connectivity index (χ0n) is 18.2. The third kappa shape index (κ3) is 5.46. The van der Waals surface area contributed by atoms with Crippen LogP contribution in [0.15, 0.2) is 41.4 Å². The van der Waals surface area contributed by atoms with Crippen LogP contribution in [0.5, 0.6) is 0 Å². The molecule has 1 heterocycles. The summed E-state index contributed by atoms with van der Waals surface area (Å²) in [5.41, 5.74) is 2.05. The third-order valence-electron chi connectivity index (χ3n) is 5.98. The number of fused-ring (bicyclic) bond motifs is 1. The summed E-state index contributed by atoms with van der Waals surface area (Å²) in [7, 11) is 3.23. The molecule has 1 aliphatic carbocycles. The van der Waals surface area contributed by atoms with Crippen molar-refractivity contribution in [1.82, 2.24) is 9.55 Å². The second kappa shape index (κ2) is 9.84. The largest absolute Gasteiger partial charge is 0.501 e. The van der Waals surface area contributed by atoms with Crippen LogP contribution < -0.4 is 5.90 Å². The number of ether oxygens (including phenoxy) is 1. The normalized spacial score (nSPS) is 24.9. The summed E-state index contributed by atoms with van der Waals surface area (Å²) in [6.45, 7) is 3.00. The molecule has 0 saturated heterocycles. The van der Waals surface area contributed by atoms with Gasteiger partial charge in [-0.05, 0) is 49.3 Å². The highest BCUT2D eigenvalue weighted by atomic mass is 35.5. The molecule has 2 aromatic rings. The minimum Gasteiger partial charge on any atom is -0.501 e. The Bertz CT molecular complexity index is 1020. The van der Waals surface area contributed by atoms with Gasteiger partial charge in [-0.1, -0.05) is 24.4 Å². The molecule has 31 heavy (non-hydrogen) atoms. The summed E-state index contributed by atoms with van der Waals surface area (Å²) in [5, 5.41) is 0.355. The molecule has 1 aliphatic rings. The van der Waals surface area contributed by atoms with Gasteiger partial charge >= 0.3 is 0 Å². The van der Waals surface area contributed by atoms with E-state index in [2.05, 4.69) is 27.4 Å². The van der Waals surface area contributed by atoms with Crippen LogP contribution in [0.25, 0.3) is 11.0 Å². The number of aromatic nitrogens is 2. The first-order valence-electron chi connectivity index (χ1n) is 10.2. The van der Waals surface area contributed by atoms with Crippen molar-refractivity contribution in [3.8, 4) is 12.3 Å². The number of nitrogens with zero attached hydrogens (tertiary/aromatic N) is 3. The highest BCUT2D eigenvalue weighted by Gasteiger charge is 2.45. The fraction of sp³-hybridized carbons (Fsp3) is 0.478. The number of terminal acetylenes is 1. The first kappa shape index (κ1) is 23.3. The number of allylic oxidation sites excluding steroid dienone is 1. The van der Waals surface area contributed by atoms with Gasteiger partial charge in [0.15, 0.2) is 0 Å². The maximum atomic E-state index is 6.08. The van der Waals surface area contributed by atoms with E-state index in [0.29, 0.717) is 23.8 Å². The van der Waals surface area contributed by atoms with Crippen LogP contribution in [0.4, 0.5) is 0 Å². The number of imidazole rings is 1. The Kier molecular flexibility index (Phi) is 7.39. The topological polar surface area (TPSA) is 83.9 Å². The Balaban J connectivity index is 1.88. The first-order valence-corrected chi connectivity index (χ1v) is 10.6. The fourth-order valence-corrected chi connectivity index (χ4v) is 4.78. The number of aliphatic imine (C=N–C) groups is 1. The van der Waals surface area contributed by atoms with Crippen LogP contribution in [-0.2, 0) is 21.2 Å². The number of benzene rings is 1. The molecule has 0 spiro atoms. The number of methoxy groups -OCH3 is 1. The lowest BCUT2D eigenvalue weighted by Gasteiger charge is -2.45. The van der Waals surface area contributed by atoms with Gasteiger partial charge in [0.25, 0.3) is 0 Å². The van der Waals surface area contributed by atoms with Crippen molar-refractivity contribution < 1.29 is 14.6 Å². The molecular formula is C23H29ClN4O3. The molecule has 1 aromatic carbocycles. The van der Waals surface area contributed by atoms with Crippen LogP contribution in [0, 0.1) is 17.8 Å². The molecule has 0 radical (unpaired) electrons. The molecule has 166 valence electrons. The maximum absolute atomic E-state index is 6.08. The number of hydrogen-bond donors (Lipinski definition) is 1. The molecular weight excluding hydrogens is 416 g/mol. The molecule has 0 amide bonds. The molecule has 3 rings (SSSR count). The quantitative estimate of drug-likeness (QED) is 0.215. The van der Waals surface area contributed by atoms with E-state index < -0.39 is 5.60 Å². The van der Waals surface area contributed by atoms with E-state index in [1.54, 1.807) is 20.2 Å². The van der Waals surface area contributed by atoms with Gasteiger partial charge in [0.1, 0.15) is 16.5 Å². The van der Waals surface area contributed by atoms with E-state index in [9.17, 15) is 0 Å². The summed E-state index contributed by atoms with van der Waals surface area (Å²) in [4.78, 5) is 18.9. The van der Waals surface area contributed by atoms with Crippen molar-refractivity contribution in [3.63, 3.8) is 0 Å². The van der Waals surface area contributed by atoms with Crippen molar-refractivity contribution in [1.29, 1.82) is 0 Å². The van der Waals surface area contributed by atoms with E-state index in [4.69, 9.17) is 38.5 Å². The van der Waals surface area contributed by atoms with Gasteiger partial charge in [0.05, 0.1) is 24.5 Å². The van der Waals surface area contributed by atoms with Gasteiger partial charge in [0, 0.05) is 31.7 Å². The van der Waals surface area contributed by atoms with Crippen molar-refractivity contribution in [3.05, 3.63) is 41.9 Å². The molecule has 2 atom stereocenters. The smallest absolute Gasteiger partial charge is 0.126 e. The van der Waals surface area contributed by atoms with E-state index >= 15 is 0 Å². The van der Waals surface area contributed by atoms with Crippen molar-refractivity contribution in [2.24, 2.45) is 16.3 Å². The van der Waals surface area contributed by atoms with Crippen molar-refractivity contribution in [2.75, 3.05) is 14.2 Å². The number of hydrogen-bond acceptors (Lipinski definition) is 6. The standard InChI is InChI=1S/C23H29ClN4O3/c1-5-17-7-8-19-20(11-17)28(16-27-19)15-22(2)9-6-10-23(14-22,30-31-25)13-18(29-4)12-21(24)26-3/h1,7-8,11-12,16H,6,9-10,13-15,25H2,2-4H3/b18-12+,26-21?. The Morgan fingerprint density at radius 2 is 2.26 bits per heavy atom. The minimum atomic E-state index is -0.644. The average molecular weight is 445 g/mol. The summed E-state index contributed by atoms with van der Waals surface area (Å²) in [5.74, 6) is 8.71. The molecule has 2 N–H and O–H groups in total. The molecule has 0 bridgehead atoms. The van der Waals surface area contributed by atoms with E-state index in [1.807, 2.05) is 24.5 Å². The van der Waals surface area contributed by atoms with Crippen LogP contribution in [0.2, 0.25) is 0 Å². The summed E-state index contributed by atoms with van der Waals surface area (Å²) in [6, 6.07) is 5.86. The summed E-state index contributed by atoms with van der Waals surface area (Å²) >= 11 is 6.08. The lowest BCUT2D eigenvalue weighted by atomic mass is 9.67. The Labute approximate surface area is 188 Å². The van der Waals surface area contributed by atoms with E-state index in [1.165, 1.54) is 0 Å². The fourth-order valence-electron chi connectivity index (χ4n) is 4.66. The molecule has 1 aromatic heterocycles. The van der Waals surface area contributed by atoms with Gasteiger partial charge in [-0.2, -0.15) is 5.90 Å². The molecule has 7 nitrogen and oxygen atoms in total. The second-order valence-electron chi connectivity index (χ2n) is 8.46. The highest BCUT2D eigenvalue weighted by Crippen LogP contribution is 2.47. The van der Waals surface area contributed by atoms with Crippen molar-refractivity contribution >= 4 is 27.8 Å². The van der Waals surface area contributed by atoms with Gasteiger partial charge in [0.2, 0.25) is 0 Å². The number of halogens is 1. The third-order valence-corrected chi connectivity index (χ3v) is 6.26. The molecule has 1 saturated carbocycles. The lowest BCUT2D eigenvalue weighted by Crippen LogP contribution is -2.45. The van der Waals surface area contributed by atoms with Crippen LogP contribution in [0.1, 0.15) is 44.6 Å². The summed E-state index contributed by atoms with van der Waals surface area (Å²) < 4.78 is 7.70. The Morgan fingerprint density at radius 1 is 1.45 bits per heavy atom. The van der Waals surface area contributed by atoms with Crippen LogP contribution >= 0.6 is 11.6 Å². The molecule has 8 heteroatoms. The van der Waals surface area contributed by atoms with Crippen LogP contribution in [0.3, 0.4) is 0 Å². The minimum absolute atomic E-state index is 0.0853. The average Bonchev–Trinajstić information content (AvgIpc) is 3.14. The van der Waals surface area contributed by atoms with Gasteiger partial charge in [-0.15, -0.1) is 11.4 Å². The summed E-state index contributed by atoms with van der Waals surface area (Å²) in [6.07, 6.45) is 13.1. The zero-order chi connectivity index (χ0) is 22.5. The highest BCUT2D eigenvalue weighted by molar-refractivity contribution is 6.68. The Hall–Kier alpha value is -2.37. The maximum Gasteiger partial charge on any atom is 0.126 e. The first-order chi connectivity index (χ1) is 14.9. The van der Waals surface area contributed by atoms with Crippen LogP contribution in [-0.4, -0.2) is 34.5 Å². The predicted molar refractivity (Wildman–Crippen MR) is 122 cm³/mol. The Morgan fingerprint density at radius 3 is 2.94 bits per heavy atom. The van der Waals surface area contributed by atoms with E-state index in [-0.39, 0.29) is 5.41 Å². The molecule has 2 unspecified atom stereocenters. The monoisotopic (exact) mass is 444 g/mol. The van der Waals surface area contributed by atoms with Gasteiger partial charge in [-0.3, -0.25) is 4.99 Å². The molecule has 0 aliphatic heterocycles. The number of nitrogens with two attached hydrogens (primary N) is 1. The van der Waals surface area contributed by atoms with Crippen molar-refractivity contribution in [2.45, 2.75) is 51.2 Å². The van der Waals surface area contributed by atoms with E-state index in [0.717, 1.165) is 42.4 Å². The lowest BCUT2D eigenvalue weighted by molar-refractivity contribution is -0.378. The molecule has 1 fully saturated rings. The zero-order valence-corrected chi connectivity index (χ0v) is 19.0. The SMILES string of the molecule is C#Cc1ccc2ncn(CC3(C)CCCC(C/C(=C\C(Cl)=NC)OC)(OON)C3)c2c1. The number of rotatable bonds is 8. The second-order valence-corrected chi connectivity index (χ2v) is 8.85. The van der Waals surface area contributed by atoms with Gasteiger partial charge in [-0.25, -0.2) is 9.87 Å².